The van der Waals surface area contributed by atoms with Crippen molar-refractivity contribution >= 4 is 11.9 Å². The Morgan fingerprint density at radius 3 is 1.50 bits per heavy atom. The highest BCUT2D eigenvalue weighted by atomic mass is 16.5. The van der Waals surface area contributed by atoms with E-state index >= 15 is 0 Å². The number of carbonyl (C=O) groups excluding carboxylic acids is 2. The summed E-state index contributed by atoms with van der Waals surface area (Å²) in [7, 11) is 0. The zero-order chi connectivity index (χ0) is 17.1. The van der Waals surface area contributed by atoms with Crippen molar-refractivity contribution in [3.8, 4) is 11.5 Å². The summed E-state index contributed by atoms with van der Waals surface area (Å²) < 4.78 is 10.8. The van der Waals surface area contributed by atoms with E-state index in [1.54, 1.807) is 0 Å². The molecule has 0 atom stereocenters. The van der Waals surface area contributed by atoms with Gasteiger partial charge in [0.15, 0.2) is 0 Å². The fraction of sp³-hybridized carbons (Fsp3) is 0.300. The van der Waals surface area contributed by atoms with Crippen LogP contribution >= 0.6 is 0 Å². The van der Waals surface area contributed by atoms with Crippen molar-refractivity contribution in [1.82, 2.24) is 0 Å². The summed E-state index contributed by atoms with van der Waals surface area (Å²) in [4.78, 5) is 22.7. The van der Waals surface area contributed by atoms with E-state index in [-0.39, 0.29) is 11.9 Å². The molecule has 0 saturated heterocycles. The minimum absolute atomic E-state index is 0.315. The van der Waals surface area contributed by atoms with Gasteiger partial charge in [-0.1, -0.05) is 24.3 Å². The van der Waals surface area contributed by atoms with Crippen molar-refractivity contribution < 1.29 is 19.1 Å². The number of hydrogen-bond donors (Lipinski definition) is 0. The van der Waals surface area contributed by atoms with Crippen LogP contribution in [0.3, 0.4) is 0 Å². The summed E-state index contributed by atoms with van der Waals surface area (Å²) in [6.45, 7) is 2.83. The van der Waals surface area contributed by atoms with Crippen molar-refractivity contribution in [3.05, 3.63) is 58.7 Å². The van der Waals surface area contributed by atoms with Crippen molar-refractivity contribution in [2.45, 2.75) is 39.5 Å². The molecule has 4 bridgehead atoms. The van der Waals surface area contributed by atoms with Gasteiger partial charge in [0.25, 0.3) is 0 Å². The quantitative estimate of drug-likeness (QED) is 0.627. The maximum atomic E-state index is 11.4. The Kier molecular flexibility index (Phi) is 4.65. The predicted molar refractivity (Wildman–Crippen MR) is 90.3 cm³/mol. The second-order valence-electron chi connectivity index (χ2n) is 6.07. The molecule has 0 saturated carbocycles. The number of carbonyl (C=O) groups is 2. The molecule has 0 amide bonds. The Labute approximate surface area is 141 Å². The summed E-state index contributed by atoms with van der Waals surface area (Å²) in [5.41, 5.74) is 4.20. The lowest BCUT2D eigenvalue weighted by atomic mass is 9.95. The molecule has 2 aromatic rings. The van der Waals surface area contributed by atoms with Gasteiger partial charge in [-0.25, -0.2) is 0 Å². The van der Waals surface area contributed by atoms with E-state index in [1.165, 1.54) is 13.8 Å². The summed E-state index contributed by atoms with van der Waals surface area (Å²) in [5, 5.41) is 0. The van der Waals surface area contributed by atoms with Gasteiger partial charge < -0.3 is 9.47 Å². The number of benzene rings is 2. The number of rotatable bonds is 2. The van der Waals surface area contributed by atoms with Gasteiger partial charge in [-0.3, -0.25) is 9.59 Å². The number of ether oxygens (including phenoxy) is 2. The molecule has 6 rings (SSSR count). The maximum absolute atomic E-state index is 11.4. The number of hydrogen-bond acceptors (Lipinski definition) is 4. The van der Waals surface area contributed by atoms with E-state index in [4.69, 9.17) is 9.47 Å². The van der Waals surface area contributed by atoms with Crippen LogP contribution in [0.25, 0.3) is 0 Å². The van der Waals surface area contributed by atoms with Gasteiger partial charge in [0, 0.05) is 13.8 Å². The second kappa shape index (κ2) is 6.87. The molecule has 4 aliphatic rings. The molecular formula is C20H20O4. The Morgan fingerprint density at radius 2 is 1.12 bits per heavy atom. The van der Waals surface area contributed by atoms with Gasteiger partial charge in [-0.15, -0.1) is 0 Å². The Balaban J connectivity index is 1.98. The van der Waals surface area contributed by atoms with Crippen LogP contribution in [0, 0.1) is 0 Å². The van der Waals surface area contributed by atoms with E-state index in [0.717, 1.165) is 35.1 Å². The number of esters is 2. The molecule has 0 heterocycles. The fourth-order valence-electron chi connectivity index (χ4n) is 2.98. The van der Waals surface area contributed by atoms with Crippen LogP contribution in [-0.4, -0.2) is 11.9 Å². The van der Waals surface area contributed by atoms with Gasteiger partial charge in [0.1, 0.15) is 11.5 Å². The molecule has 0 aliphatic heterocycles. The largest absolute Gasteiger partial charge is 0.426 e. The predicted octanol–water partition coefficient (Wildman–Crippen LogP) is 3.42. The lowest BCUT2D eigenvalue weighted by Crippen LogP contribution is -2.08. The summed E-state index contributed by atoms with van der Waals surface area (Å²) >= 11 is 0. The third-order valence-electron chi connectivity index (χ3n) is 4.14. The zero-order valence-electron chi connectivity index (χ0n) is 13.9. The first-order chi connectivity index (χ1) is 11.5. The van der Waals surface area contributed by atoms with Crippen LogP contribution in [0.2, 0.25) is 0 Å². The molecule has 24 heavy (non-hydrogen) atoms. The molecule has 2 aromatic carbocycles. The first kappa shape index (κ1) is 16.2. The van der Waals surface area contributed by atoms with Crippen LogP contribution in [0.4, 0.5) is 0 Å². The molecular weight excluding hydrogens is 304 g/mol. The molecule has 4 nitrogen and oxygen atoms in total. The zero-order valence-corrected chi connectivity index (χ0v) is 13.9. The lowest BCUT2D eigenvalue weighted by Gasteiger charge is -2.16. The smallest absolute Gasteiger partial charge is 0.308 e. The average Bonchev–Trinajstić information content (AvgIpc) is 2.50. The van der Waals surface area contributed by atoms with Gasteiger partial charge in [-0.2, -0.15) is 0 Å². The Morgan fingerprint density at radius 1 is 0.708 bits per heavy atom. The minimum Gasteiger partial charge on any atom is -0.426 e. The Hall–Kier alpha value is -2.62. The van der Waals surface area contributed by atoms with Gasteiger partial charge in [-0.05, 0) is 60.1 Å². The first-order valence-corrected chi connectivity index (χ1v) is 8.12. The van der Waals surface area contributed by atoms with E-state index in [1.807, 2.05) is 24.3 Å². The van der Waals surface area contributed by atoms with Crippen molar-refractivity contribution in [2.24, 2.45) is 0 Å². The van der Waals surface area contributed by atoms with Gasteiger partial charge >= 0.3 is 11.9 Å². The highest BCUT2D eigenvalue weighted by Gasteiger charge is 2.14. The third-order valence-corrected chi connectivity index (χ3v) is 4.14. The minimum atomic E-state index is -0.315. The van der Waals surface area contributed by atoms with Crippen molar-refractivity contribution in [1.29, 1.82) is 0 Å². The molecule has 0 N–H and O–H groups in total. The SMILES string of the molecule is CC(=O)Oc1cc2ccc1CCc1ccc(cc1OC(C)=O)CC2. The van der Waals surface area contributed by atoms with Crippen LogP contribution < -0.4 is 9.47 Å². The lowest BCUT2D eigenvalue weighted by molar-refractivity contribution is -0.132. The molecule has 0 unspecified atom stereocenters. The van der Waals surface area contributed by atoms with Crippen LogP contribution in [0.5, 0.6) is 11.5 Å². The summed E-state index contributed by atoms with van der Waals surface area (Å²) in [6, 6.07) is 12.1. The second-order valence-corrected chi connectivity index (χ2v) is 6.07. The first-order valence-electron chi connectivity index (χ1n) is 8.12. The molecule has 0 aromatic heterocycles. The Bertz CT molecular complexity index is 725. The molecule has 0 fully saturated rings. The van der Waals surface area contributed by atoms with Crippen LogP contribution in [-0.2, 0) is 35.3 Å². The van der Waals surface area contributed by atoms with Crippen LogP contribution in [0.1, 0.15) is 36.1 Å². The highest BCUT2D eigenvalue weighted by molar-refractivity contribution is 5.70. The molecule has 124 valence electrons. The average molecular weight is 324 g/mol. The highest BCUT2D eigenvalue weighted by Crippen LogP contribution is 2.28. The molecule has 4 heteroatoms. The van der Waals surface area contributed by atoms with Crippen molar-refractivity contribution in [2.75, 3.05) is 0 Å². The summed E-state index contributed by atoms with van der Waals surface area (Å²) in [5.74, 6) is 0.627. The molecule has 0 radical (unpaired) electrons. The third kappa shape index (κ3) is 3.82. The fourth-order valence-corrected chi connectivity index (χ4v) is 2.98. The van der Waals surface area contributed by atoms with E-state index in [2.05, 4.69) is 12.1 Å². The molecule has 0 spiro atoms. The maximum Gasteiger partial charge on any atom is 0.308 e. The van der Waals surface area contributed by atoms with E-state index < -0.39 is 0 Å². The van der Waals surface area contributed by atoms with Gasteiger partial charge in [0.2, 0.25) is 0 Å². The normalized spacial score (nSPS) is 13.1. The van der Waals surface area contributed by atoms with Gasteiger partial charge in [0.05, 0.1) is 0 Å². The topological polar surface area (TPSA) is 52.6 Å². The van der Waals surface area contributed by atoms with E-state index in [0.29, 0.717) is 24.3 Å². The van der Waals surface area contributed by atoms with Crippen LogP contribution in [0.15, 0.2) is 36.4 Å². The molecule has 4 aliphatic carbocycles. The standard InChI is InChI=1S/C20H20O4/c1-13(21)23-19-11-15-3-4-16-6-8-18(10-9-17(19)7-5-15)20(12-16)24-14(2)22/h5-8,11-12H,3-4,9-10H2,1-2H3. The summed E-state index contributed by atoms with van der Waals surface area (Å²) in [6.07, 6.45) is 3.06. The number of aryl methyl sites for hydroxylation is 4. The van der Waals surface area contributed by atoms with Crippen molar-refractivity contribution in [3.63, 3.8) is 0 Å². The van der Waals surface area contributed by atoms with E-state index in [9.17, 15) is 9.59 Å². The monoisotopic (exact) mass is 324 g/mol.